The normalized spacial score (nSPS) is 21.6. The van der Waals surface area contributed by atoms with E-state index in [0.29, 0.717) is 41.9 Å². The third-order valence-electron chi connectivity index (χ3n) is 4.13. The molecule has 0 bridgehead atoms. The van der Waals surface area contributed by atoms with Gasteiger partial charge in [0.25, 0.3) is 0 Å². The number of hydrogen-bond acceptors (Lipinski definition) is 6. The zero-order valence-corrected chi connectivity index (χ0v) is 16.7. The van der Waals surface area contributed by atoms with Crippen molar-refractivity contribution >= 4 is 35.3 Å². The molecule has 1 aliphatic carbocycles. The summed E-state index contributed by atoms with van der Waals surface area (Å²) < 4.78 is 0. The minimum atomic E-state index is -2.73. The molecule has 0 saturated heterocycles. The molecule has 0 aliphatic heterocycles. The molecule has 0 spiro atoms. The standard InChI is InChI=1S/C18H30O5S2/c1-13(2)7-4-3-5-8-14-9-10-15(19)16(14)24-11-6-12-25-18(22,23)17(20)21/h5,8,13-14,16,22-23H,3-4,6-7,9-12H2,1-2H3,(H,20,21)/b8-5+/t14-,16+/m0/s1. The number of allylic oxidation sites excluding steroid dienone is 2. The molecule has 0 aromatic heterocycles. The fourth-order valence-corrected chi connectivity index (χ4v) is 4.94. The van der Waals surface area contributed by atoms with E-state index < -0.39 is 11.1 Å². The van der Waals surface area contributed by atoms with Crippen LogP contribution >= 0.6 is 23.5 Å². The van der Waals surface area contributed by atoms with Gasteiger partial charge in [-0.25, -0.2) is 4.79 Å². The van der Waals surface area contributed by atoms with Crippen LogP contribution in [-0.4, -0.2) is 48.9 Å². The average Bonchev–Trinajstić information content (AvgIpc) is 2.86. The highest BCUT2D eigenvalue weighted by Crippen LogP contribution is 2.34. The van der Waals surface area contributed by atoms with Gasteiger partial charge in [0.15, 0.2) is 0 Å². The van der Waals surface area contributed by atoms with Crippen LogP contribution in [0.1, 0.15) is 52.4 Å². The van der Waals surface area contributed by atoms with E-state index in [1.165, 1.54) is 12.8 Å². The molecule has 1 aliphatic rings. The van der Waals surface area contributed by atoms with E-state index >= 15 is 0 Å². The van der Waals surface area contributed by atoms with E-state index in [1.807, 2.05) is 0 Å². The fraction of sp³-hybridized carbons (Fsp3) is 0.778. The lowest BCUT2D eigenvalue weighted by Crippen LogP contribution is -2.34. The number of carbonyl (C=O) groups is 2. The number of aliphatic hydroxyl groups is 2. The summed E-state index contributed by atoms with van der Waals surface area (Å²) in [5.74, 6) is 0.676. The fourth-order valence-electron chi connectivity index (χ4n) is 2.72. The van der Waals surface area contributed by atoms with Gasteiger partial charge in [0, 0.05) is 6.42 Å². The minimum Gasteiger partial charge on any atom is -0.477 e. The van der Waals surface area contributed by atoms with E-state index in [0.717, 1.165) is 18.8 Å². The first kappa shape index (κ1) is 22.5. The molecular weight excluding hydrogens is 360 g/mol. The van der Waals surface area contributed by atoms with E-state index in [4.69, 9.17) is 5.11 Å². The summed E-state index contributed by atoms with van der Waals surface area (Å²) in [5.41, 5.74) is 0. The molecule has 0 aromatic carbocycles. The molecule has 1 rings (SSSR count). The number of thioether (sulfide) groups is 2. The summed E-state index contributed by atoms with van der Waals surface area (Å²) in [6.07, 6.45) is 10.0. The Bertz CT molecular complexity index is 462. The number of rotatable bonds is 12. The predicted molar refractivity (Wildman–Crippen MR) is 104 cm³/mol. The Morgan fingerprint density at radius 3 is 2.68 bits per heavy atom. The van der Waals surface area contributed by atoms with Gasteiger partial charge in [0.2, 0.25) is 0 Å². The lowest BCUT2D eigenvalue weighted by Gasteiger charge is -2.16. The highest BCUT2D eigenvalue weighted by Gasteiger charge is 2.34. The van der Waals surface area contributed by atoms with Crippen LogP contribution in [0.3, 0.4) is 0 Å². The SMILES string of the molecule is CC(C)CCC/C=C/[C@H]1CCC(=O)[C@@H]1SCCCSC(O)(O)C(=O)O. The summed E-state index contributed by atoms with van der Waals surface area (Å²) in [5, 5.41) is 24.3. The van der Waals surface area contributed by atoms with Crippen molar-refractivity contribution in [1.82, 2.24) is 0 Å². The zero-order valence-electron chi connectivity index (χ0n) is 15.0. The molecule has 0 unspecified atom stereocenters. The highest BCUT2D eigenvalue weighted by atomic mass is 32.2. The van der Waals surface area contributed by atoms with Crippen molar-refractivity contribution in [2.75, 3.05) is 11.5 Å². The topological polar surface area (TPSA) is 94.8 Å². The first-order chi connectivity index (χ1) is 11.7. The maximum atomic E-state index is 12.1. The minimum absolute atomic E-state index is 0.0150. The van der Waals surface area contributed by atoms with Crippen molar-refractivity contribution in [3.05, 3.63) is 12.2 Å². The second kappa shape index (κ2) is 11.3. The molecule has 2 atom stereocenters. The molecule has 5 nitrogen and oxygen atoms in total. The number of carboxylic acid groups (broad SMARTS) is 1. The lowest BCUT2D eigenvalue weighted by atomic mass is 10.0. The molecular formula is C18H30O5S2. The zero-order chi connectivity index (χ0) is 18.9. The average molecular weight is 391 g/mol. The Hall–Kier alpha value is -0.500. The summed E-state index contributed by atoms with van der Waals surface area (Å²) in [4.78, 5) is 22.6. The van der Waals surface area contributed by atoms with Crippen LogP contribution < -0.4 is 0 Å². The van der Waals surface area contributed by atoms with Gasteiger partial charge in [-0.05, 0) is 49.0 Å². The molecule has 0 amide bonds. The Labute approximate surface area is 158 Å². The molecule has 0 radical (unpaired) electrons. The summed E-state index contributed by atoms with van der Waals surface area (Å²) in [6, 6.07) is 0. The van der Waals surface area contributed by atoms with Gasteiger partial charge >= 0.3 is 11.1 Å². The maximum Gasteiger partial charge on any atom is 0.375 e. The smallest absolute Gasteiger partial charge is 0.375 e. The predicted octanol–water partition coefficient (Wildman–Crippen LogP) is 3.30. The Balaban J connectivity index is 2.29. The lowest BCUT2D eigenvalue weighted by molar-refractivity contribution is -0.174. The number of carbonyl (C=O) groups excluding carboxylic acids is 1. The molecule has 144 valence electrons. The van der Waals surface area contributed by atoms with Crippen molar-refractivity contribution in [2.24, 2.45) is 11.8 Å². The third-order valence-corrected chi connectivity index (χ3v) is 6.70. The van der Waals surface area contributed by atoms with E-state index in [-0.39, 0.29) is 11.2 Å². The molecule has 7 heteroatoms. The Morgan fingerprint density at radius 2 is 2.04 bits per heavy atom. The van der Waals surface area contributed by atoms with Crippen molar-refractivity contribution in [3.63, 3.8) is 0 Å². The summed E-state index contributed by atoms with van der Waals surface area (Å²) in [6.45, 7) is 4.44. The van der Waals surface area contributed by atoms with Crippen LogP contribution in [-0.2, 0) is 9.59 Å². The van der Waals surface area contributed by atoms with Crippen molar-refractivity contribution in [3.8, 4) is 0 Å². The number of ketones is 1. The number of hydrogen-bond donors (Lipinski definition) is 3. The van der Waals surface area contributed by atoms with Gasteiger partial charge in [0.1, 0.15) is 5.78 Å². The van der Waals surface area contributed by atoms with Gasteiger partial charge in [-0.1, -0.05) is 44.2 Å². The molecule has 1 fully saturated rings. The van der Waals surface area contributed by atoms with Crippen molar-refractivity contribution in [2.45, 2.75) is 62.7 Å². The summed E-state index contributed by atoms with van der Waals surface area (Å²) in [7, 11) is 0. The van der Waals surface area contributed by atoms with Gasteiger partial charge in [-0.2, -0.15) is 0 Å². The molecule has 0 heterocycles. The van der Waals surface area contributed by atoms with Crippen LogP contribution in [0.15, 0.2) is 12.2 Å². The quantitative estimate of drug-likeness (QED) is 0.267. The number of carboxylic acids is 1. The maximum absolute atomic E-state index is 12.1. The monoisotopic (exact) mass is 390 g/mol. The largest absolute Gasteiger partial charge is 0.477 e. The second-order valence-electron chi connectivity index (χ2n) is 6.83. The number of unbranched alkanes of at least 4 members (excludes halogenated alkanes) is 1. The third kappa shape index (κ3) is 8.62. The molecule has 0 aromatic rings. The molecule has 3 N–H and O–H groups in total. The first-order valence-electron chi connectivity index (χ1n) is 8.87. The van der Waals surface area contributed by atoms with E-state index in [1.54, 1.807) is 11.8 Å². The number of aliphatic carboxylic acids is 1. The molecule has 25 heavy (non-hydrogen) atoms. The van der Waals surface area contributed by atoms with Crippen LogP contribution in [0, 0.1) is 11.8 Å². The highest BCUT2D eigenvalue weighted by molar-refractivity contribution is 8.01. The van der Waals surface area contributed by atoms with Crippen LogP contribution in [0.25, 0.3) is 0 Å². The van der Waals surface area contributed by atoms with Gasteiger partial charge in [0.05, 0.1) is 5.25 Å². The van der Waals surface area contributed by atoms with E-state index in [2.05, 4.69) is 26.0 Å². The number of Topliss-reactive ketones (excluding diaryl/α,β-unsaturated/α-hetero) is 1. The van der Waals surface area contributed by atoms with Crippen LogP contribution in [0.2, 0.25) is 0 Å². The van der Waals surface area contributed by atoms with E-state index in [9.17, 15) is 19.8 Å². The van der Waals surface area contributed by atoms with Gasteiger partial charge in [-0.3, -0.25) is 4.79 Å². The molecule has 1 saturated carbocycles. The van der Waals surface area contributed by atoms with Gasteiger partial charge in [-0.15, -0.1) is 11.8 Å². The Morgan fingerprint density at radius 1 is 1.32 bits per heavy atom. The van der Waals surface area contributed by atoms with Crippen LogP contribution in [0.4, 0.5) is 0 Å². The van der Waals surface area contributed by atoms with Crippen LogP contribution in [0.5, 0.6) is 0 Å². The van der Waals surface area contributed by atoms with Gasteiger partial charge < -0.3 is 15.3 Å². The first-order valence-corrected chi connectivity index (χ1v) is 10.9. The van der Waals surface area contributed by atoms with Crippen molar-refractivity contribution in [1.29, 1.82) is 0 Å². The summed E-state index contributed by atoms with van der Waals surface area (Å²) >= 11 is 2.19. The van der Waals surface area contributed by atoms with Crippen molar-refractivity contribution < 1.29 is 24.9 Å². The second-order valence-corrected chi connectivity index (χ2v) is 9.34. The Kier molecular flexibility index (Phi) is 10.2.